The number of rotatable bonds is 4. The van der Waals surface area contributed by atoms with E-state index in [4.69, 9.17) is 8.85 Å². The van der Waals surface area contributed by atoms with Gasteiger partial charge in [-0.05, 0) is 110 Å². The zero-order valence-corrected chi connectivity index (χ0v) is 27.8. The second kappa shape index (κ2) is 9.03. The number of hydrogen-bond donors (Lipinski definition) is 0. The first-order valence-corrected chi connectivity index (χ1v) is 20.9. The maximum atomic E-state index is 13.9. The van der Waals surface area contributed by atoms with E-state index in [1.165, 1.54) is 25.7 Å². The molecule has 0 aliphatic heterocycles. The number of carbonyl (C=O) groups excluding carboxylic acids is 1. The van der Waals surface area contributed by atoms with Gasteiger partial charge in [-0.3, -0.25) is 4.79 Å². The quantitative estimate of drug-likeness (QED) is 0.338. The van der Waals surface area contributed by atoms with Crippen molar-refractivity contribution in [2.24, 2.45) is 34.5 Å². The maximum absolute atomic E-state index is 13.9. The van der Waals surface area contributed by atoms with Crippen molar-refractivity contribution in [2.45, 2.75) is 155 Å². The molecule has 0 spiro atoms. The lowest BCUT2D eigenvalue weighted by Crippen LogP contribution is -2.59. The molecule has 36 heavy (non-hydrogen) atoms. The molecule has 4 saturated carbocycles. The van der Waals surface area contributed by atoms with Gasteiger partial charge in [-0.1, -0.05) is 55.4 Å². The van der Waals surface area contributed by atoms with Gasteiger partial charge >= 0.3 is 0 Å². The van der Waals surface area contributed by atoms with Crippen LogP contribution in [0.1, 0.15) is 107 Å². The van der Waals surface area contributed by atoms with Crippen LogP contribution >= 0.6 is 0 Å². The molecule has 4 rings (SSSR count). The predicted octanol–water partition coefficient (Wildman–Crippen LogP) is 8.99. The molecule has 0 N–H and O–H groups in total. The molecular weight excluding hydrogens is 477 g/mol. The zero-order chi connectivity index (χ0) is 27.1. The summed E-state index contributed by atoms with van der Waals surface area (Å²) in [5.74, 6) is 2.66. The van der Waals surface area contributed by atoms with Crippen LogP contribution in [0.2, 0.25) is 36.3 Å². The van der Waals surface area contributed by atoms with Crippen LogP contribution in [0.15, 0.2) is 0 Å². The minimum atomic E-state index is -1.82. The molecule has 0 saturated heterocycles. The van der Waals surface area contributed by atoms with E-state index in [0.29, 0.717) is 29.6 Å². The average molecular weight is 535 g/mol. The molecule has 1 unspecified atom stereocenters. The molecule has 0 aromatic carbocycles. The molecule has 0 radical (unpaired) electrons. The van der Waals surface area contributed by atoms with Gasteiger partial charge in [-0.2, -0.15) is 0 Å². The zero-order valence-electron chi connectivity index (χ0n) is 25.8. The highest BCUT2D eigenvalue weighted by Gasteiger charge is 2.63. The number of ketones is 1. The van der Waals surface area contributed by atoms with E-state index in [-0.39, 0.29) is 32.9 Å². The smallest absolute Gasteiger partial charge is 0.192 e. The molecular formula is C31H58O3Si2. The molecule has 4 aliphatic carbocycles. The van der Waals surface area contributed by atoms with Crippen LogP contribution in [-0.4, -0.2) is 34.6 Å². The Labute approximate surface area is 225 Å². The summed E-state index contributed by atoms with van der Waals surface area (Å²) in [5, 5.41) is 0.458. The van der Waals surface area contributed by atoms with Gasteiger partial charge in [0.05, 0.1) is 6.10 Å². The van der Waals surface area contributed by atoms with Gasteiger partial charge in [0.1, 0.15) is 5.78 Å². The standard InChI is InChI=1S/C31H58O3Si2/c1-28(2,3)35(9,10)33-21-15-17-30(7)24-16-18-31(8)23(22(24)20-26(32)25(30)19-21)13-14-27(31)34-36(11,12)29(4,5)6/h21-25,27H,13-20H2,1-12H3/t21-,22+,23+,24+,25?,27+,30-,31+/m1/s1. The van der Waals surface area contributed by atoms with Crippen molar-refractivity contribution in [1.29, 1.82) is 0 Å². The third kappa shape index (κ3) is 4.68. The largest absolute Gasteiger partial charge is 0.414 e. The highest BCUT2D eigenvalue weighted by Crippen LogP contribution is 2.66. The summed E-state index contributed by atoms with van der Waals surface area (Å²) in [6, 6.07) is 0. The van der Waals surface area contributed by atoms with Gasteiger partial charge < -0.3 is 8.85 Å². The number of Topliss-reactive ketones (excluding diaryl/α,β-unsaturated/α-hetero) is 1. The van der Waals surface area contributed by atoms with Crippen molar-refractivity contribution in [2.75, 3.05) is 0 Å². The highest BCUT2D eigenvalue weighted by atomic mass is 28.4. The number of hydrogen-bond acceptors (Lipinski definition) is 3. The molecule has 0 bridgehead atoms. The van der Waals surface area contributed by atoms with Crippen LogP contribution in [0.4, 0.5) is 0 Å². The van der Waals surface area contributed by atoms with Crippen molar-refractivity contribution in [1.82, 2.24) is 0 Å². The molecule has 8 atom stereocenters. The van der Waals surface area contributed by atoms with Crippen molar-refractivity contribution in [3.63, 3.8) is 0 Å². The van der Waals surface area contributed by atoms with Crippen LogP contribution in [0.3, 0.4) is 0 Å². The molecule has 4 aliphatic rings. The summed E-state index contributed by atoms with van der Waals surface area (Å²) in [5.41, 5.74) is 0.399. The Kier molecular flexibility index (Phi) is 7.27. The topological polar surface area (TPSA) is 35.5 Å². The van der Waals surface area contributed by atoms with Gasteiger partial charge in [0.25, 0.3) is 0 Å². The Hall–Kier alpha value is 0.0238. The Morgan fingerprint density at radius 1 is 0.750 bits per heavy atom. The molecule has 208 valence electrons. The van der Waals surface area contributed by atoms with E-state index in [2.05, 4.69) is 81.6 Å². The summed E-state index contributed by atoms with van der Waals surface area (Å²) < 4.78 is 14.0. The third-order valence-electron chi connectivity index (χ3n) is 12.8. The van der Waals surface area contributed by atoms with E-state index < -0.39 is 16.6 Å². The van der Waals surface area contributed by atoms with Crippen molar-refractivity contribution in [3.05, 3.63) is 0 Å². The van der Waals surface area contributed by atoms with Crippen LogP contribution in [-0.2, 0) is 13.6 Å². The van der Waals surface area contributed by atoms with Crippen LogP contribution in [0.25, 0.3) is 0 Å². The fourth-order valence-electron chi connectivity index (χ4n) is 8.38. The third-order valence-corrected chi connectivity index (χ3v) is 21.9. The van der Waals surface area contributed by atoms with E-state index in [9.17, 15) is 4.79 Å². The van der Waals surface area contributed by atoms with Crippen LogP contribution in [0, 0.1) is 34.5 Å². The lowest BCUT2D eigenvalue weighted by molar-refractivity contribution is -0.160. The predicted molar refractivity (Wildman–Crippen MR) is 156 cm³/mol. The lowest BCUT2D eigenvalue weighted by Gasteiger charge is -2.60. The van der Waals surface area contributed by atoms with Crippen LogP contribution in [0.5, 0.6) is 0 Å². The minimum Gasteiger partial charge on any atom is -0.414 e. The molecule has 0 amide bonds. The van der Waals surface area contributed by atoms with Gasteiger partial charge in [0.2, 0.25) is 0 Å². The van der Waals surface area contributed by atoms with E-state index in [1.54, 1.807) is 0 Å². The van der Waals surface area contributed by atoms with Gasteiger partial charge in [-0.15, -0.1) is 0 Å². The van der Waals surface area contributed by atoms with E-state index in [0.717, 1.165) is 25.7 Å². The second-order valence-corrected chi connectivity index (χ2v) is 26.4. The molecule has 0 aromatic heterocycles. The summed E-state index contributed by atoms with van der Waals surface area (Å²) in [7, 11) is -3.63. The first-order chi connectivity index (χ1) is 16.2. The highest BCUT2D eigenvalue weighted by molar-refractivity contribution is 6.74. The summed E-state index contributed by atoms with van der Waals surface area (Å²) >= 11 is 0. The van der Waals surface area contributed by atoms with Crippen molar-refractivity contribution in [3.8, 4) is 0 Å². The molecule has 0 heterocycles. The molecule has 4 fully saturated rings. The summed E-state index contributed by atoms with van der Waals surface area (Å²) in [6.07, 6.45) is 9.71. The SMILES string of the molecule is CC(C)(C)[Si](C)(C)O[C@@H]1CC[C@@]2(C)C(C1)C(=O)C[C@H]1[C@@H]3CC[C@H](O[Si](C)(C)C(C)(C)C)[C@@]3(C)CC[C@@H]12. The minimum absolute atomic E-state index is 0.160. The van der Waals surface area contributed by atoms with Crippen molar-refractivity contribution < 1.29 is 13.6 Å². The molecule has 0 aromatic rings. The lowest BCUT2D eigenvalue weighted by atomic mass is 9.45. The first-order valence-electron chi connectivity index (χ1n) is 15.1. The van der Waals surface area contributed by atoms with E-state index >= 15 is 0 Å². The number of carbonyl (C=O) groups is 1. The first kappa shape index (κ1) is 29.0. The Morgan fingerprint density at radius 3 is 1.86 bits per heavy atom. The Balaban J connectivity index is 1.51. The summed E-state index contributed by atoms with van der Waals surface area (Å²) in [6.45, 7) is 28.6. The summed E-state index contributed by atoms with van der Waals surface area (Å²) in [4.78, 5) is 13.9. The second-order valence-electron chi connectivity index (χ2n) is 16.9. The van der Waals surface area contributed by atoms with Crippen molar-refractivity contribution >= 4 is 22.4 Å². The van der Waals surface area contributed by atoms with Gasteiger partial charge in [0.15, 0.2) is 16.6 Å². The molecule has 3 nitrogen and oxygen atoms in total. The van der Waals surface area contributed by atoms with Crippen LogP contribution < -0.4 is 0 Å². The van der Waals surface area contributed by atoms with E-state index in [1.807, 2.05) is 0 Å². The Bertz CT molecular complexity index is 853. The molecule has 5 heteroatoms. The van der Waals surface area contributed by atoms with Gasteiger partial charge in [0, 0.05) is 18.4 Å². The fourth-order valence-corrected chi connectivity index (χ4v) is 11.2. The number of fused-ring (bicyclic) bond motifs is 5. The normalized spacial score (nSPS) is 42.1. The monoisotopic (exact) mass is 534 g/mol. The van der Waals surface area contributed by atoms with Gasteiger partial charge in [-0.25, -0.2) is 0 Å². The Morgan fingerprint density at radius 2 is 1.28 bits per heavy atom. The average Bonchev–Trinajstić information content (AvgIpc) is 3.03. The maximum Gasteiger partial charge on any atom is 0.192 e. The fraction of sp³-hybridized carbons (Fsp3) is 0.968.